The maximum absolute atomic E-state index is 11.8. The molecule has 0 saturated carbocycles. The predicted molar refractivity (Wildman–Crippen MR) is 67.5 cm³/mol. The number of fused-ring (bicyclic) bond motifs is 1. The standard InChI is InChI=1S/C14H13N3O/c15-14(11-5-3-7-16-9-11)12-6-2-1-4-10(12)8-13(18)17-14/h1-7,9H,8,15H2,(H,17,18). The molecule has 0 radical (unpaired) electrons. The van der Waals surface area contributed by atoms with Crippen molar-refractivity contribution in [3.8, 4) is 0 Å². The molecule has 0 bridgehead atoms. The summed E-state index contributed by atoms with van der Waals surface area (Å²) >= 11 is 0. The zero-order valence-electron chi connectivity index (χ0n) is 9.76. The Bertz CT molecular complexity index is 597. The number of aromatic nitrogens is 1. The van der Waals surface area contributed by atoms with Crippen LogP contribution in [0.5, 0.6) is 0 Å². The molecular weight excluding hydrogens is 226 g/mol. The maximum atomic E-state index is 11.8. The van der Waals surface area contributed by atoms with Crippen LogP contribution >= 0.6 is 0 Å². The monoisotopic (exact) mass is 239 g/mol. The second-order valence-corrected chi connectivity index (χ2v) is 4.43. The fourth-order valence-electron chi connectivity index (χ4n) is 2.39. The lowest BCUT2D eigenvalue weighted by molar-refractivity contribution is -0.122. The smallest absolute Gasteiger partial charge is 0.226 e. The zero-order chi connectivity index (χ0) is 12.6. The van der Waals surface area contributed by atoms with Crippen molar-refractivity contribution in [1.82, 2.24) is 10.3 Å². The predicted octanol–water partition coefficient (Wildman–Crippen LogP) is 0.914. The molecule has 1 unspecified atom stereocenters. The minimum atomic E-state index is -0.986. The van der Waals surface area contributed by atoms with Crippen LogP contribution in [-0.2, 0) is 16.9 Å². The van der Waals surface area contributed by atoms with Gasteiger partial charge in [-0.05, 0) is 11.6 Å². The molecule has 1 aromatic carbocycles. The summed E-state index contributed by atoms with van der Waals surface area (Å²) in [5.41, 5.74) is 8.10. The number of carbonyl (C=O) groups excluding carboxylic acids is 1. The molecule has 1 amide bonds. The lowest BCUT2D eigenvalue weighted by Gasteiger charge is -2.36. The van der Waals surface area contributed by atoms with Gasteiger partial charge in [-0.15, -0.1) is 0 Å². The number of pyridine rings is 1. The van der Waals surface area contributed by atoms with Crippen LogP contribution in [-0.4, -0.2) is 10.9 Å². The van der Waals surface area contributed by atoms with Crippen LogP contribution in [0.2, 0.25) is 0 Å². The second-order valence-electron chi connectivity index (χ2n) is 4.43. The van der Waals surface area contributed by atoms with E-state index in [-0.39, 0.29) is 5.91 Å². The van der Waals surface area contributed by atoms with Gasteiger partial charge in [0.2, 0.25) is 5.91 Å². The summed E-state index contributed by atoms with van der Waals surface area (Å²) in [6.45, 7) is 0. The van der Waals surface area contributed by atoms with Gasteiger partial charge < -0.3 is 11.1 Å². The summed E-state index contributed by atoms with van der Waals surface area (Å²) in [5, 5.41) is 2.86. The Labute approximate surface area is 105 Å². The van der Waals surface area contributed by atoms with Crippen LogP contribution in [0.25, 0.3) is 0 Å². The first-order valence-corrected chi connectivity index (χ1v) is 5.79. The van der Waals surface area contributed by atoms with Crippen molar-refractivity contribution in [2.45, 2.75) is 12.1 Å². The molecule has 0 spiro atoms. The zero-order valence-corrected chi connectivity index (χ0v) is 9.76. The summed E-state index contributed by atoms with van der Waals surface area (Å²) in [4.78, 5) is 15.9. The van der Waals surface area contributed by atoms with Gasteiger partial charge in [-0.25, -0.2) is 0 Å². The summed E-state index contributed by atoms with van der Waals surface area (Å²) in [6, 6.07) is 11.4. The van der Waals surface area contributed by atoms with E-state index < -0.39 is 5.66 Å². The second kappa shape index (κ2) is 3.92. The van der Waals surface area contributed by atoms with Crippen molar-refractivity contribution in [2.24, 2.45) is 5.73 Å². The first-order valence-electron chi connectivity index (χ1n) is 5.79. The quantitative estimate of drug-likeness (QED) is 0.777. The summed E-state index contributed by atoms with van der Waals surface area (Å²) in [7, 11) is 0. The summed E-state index contributed by atoms with van der Waals surface area (Å²) in [6.07, 6.45) is 3.74. The van der Waals surface area contributed by atoms with Crippen molar-refractivity contribution < 1.29 is 4.79 Å². The highest BCUT2D eigenvalue weighted by Gasteiger charge is 2.37. The van der Waals surface area contributed by atoms with Gasteiger partial charge in [0, 0.05) is 23.5 Å². The Morgan fingerprint density at radius 1 is 1.22 bits per heavy atom. The molecule has 1 aliphatic rings. The van der Waals surface area contributed by atoms with E-state index in [9.17, 15) is 4.79 Å². The lowest BCUT2D eigenvalue weighted by Crippen LogP contribution is -2.57. The van der Waals surface area contributed by atoms with Crippen molar-refractivity contribution in [3.63, 3.8) is 0 Å². The fraction of sp³-hybridized carbons (Fsp3) is 0.143. The number of carbonyl (C=O) groups is 1. The van der Waals surface area contributed by atoms with Crippen LogP contribution in [0, 0.1) is 0 Å². The molecule has 0 fully saturated rings. The first-order chi connectivity index (χ1) is 8.70. The molecule has 4 heteroatoms. The van der Waals surface area contributed by atoms with Gasteiger partial charge in [-0.1, -0.05) is 30.3 Å². The van der Waals surface area contributed by atoms with E-state index in [1.54, 1.807) is 12.4 Å². The average molecular weight is 239 g/mol. The van der Waals surface area contributed by atoms with Gasteiger partial charge in [-0.2, -0.15) is 0 Å². The molecular formula is C14H13N3O. The SMILES string of the molecule is NC1(c2cccnc2)NC(=O)Cc2ccccc21. The molecule has 1 aliphatic heterocycles. The number of nitrogens with zero attached hydrogens (tertiary/aromatic N) is 1. The largest absolute Gasteiger partial charge is 0.330 e. The van der Waals surface area contributed by atoms with Gasteiger partial charge in [0.15, 0.2) is 0 Å². The maximum Gasteiger partial charge on any atom is 0.226 e. The molecule has 4 nitrogen and oxygen atoms in total. The van der Waals surface area contributed by atoms with Crippen LogP contribution in [0.3, 0.4) is 0 Å². The lowest BCUT2D eigenvalue weighted by atomic mass is 9.85. The van der Waals surface area contributed by atoms with E-state index in [0.717, 1.165) is 16.7 Å². The molecule has 18 heavy (non-hydrogen) atoms. The number of amides is 1. The van der Waals surface area contributed by atoms with Crippen LogP contribution in [0.15, 0.2) is 48.8 Å². The average Bonchev–Trinajstić information content (AvgIpc) is 2.39. The van der Waals surface area contributed by atoms with E-state index in [4.69, 9.17) is 5.73 Å². The van der Waals surface area contributed by atoms with Gasteiger partial charge >= 0.3 is 0 Å². The number of hydrogen-bond donors (Lipinski definition) is 2. The van der Waals surface area contributed by atoms with E-state index in [1.165, 1.54) is 0 Å². The van der Waals surface area contributed by atoms with E-state index in [1.807, 2.05) is 36.4 Å². The number of nitrogens with one attached hydrogen (secondary N) is 1. The number of rotatable bonds is 1. The van der Waals surface area contributed by atoms with E-state index in [2.05, 4.69) is 10.3 Å². The van der Waals surface area contributed by atoms with E-state index >= 15 is 0 Å². The molecule has 2 heterocycles. The molecule has 3 N–H and O–H groups in total. The Kier molecular flexibility index (Phi) is 2.38. The van der Waals surface area contributed by atoms with Crippen molar-refractivity contribution in [2.75, 3.05) is 0 Å². The Hall–Kier alpha value is -2.20. The highest BCUT2D eigenvalue weighted by molar-refractivity contribution is 5.83. The molecule has 2 aromatic rings. The highest BCUT2D eigenvalue weighted by atomic mass is 16.1. The van der Waals surface area contributed by atoms with Gasteiger partial charge in [0.25, 0.3) is 0 Å². The summed E-state index contributed by atoms with van der Waals surface area (Å²) < 4.78 is 0. The number of benzene rings is 1. The normalized spacial score (nSPS) is 22.2. The Morgan fingerprint density at radius 2 is 2.06 bits per heavy atom. The topological polar surface area (TPSA) is 68.0 Å². The molecule has 0 aliphatic carbocycles. The number of nitrogens with two attached hydrogens (primary N) is 1. The number of hydrogen-bond acceptors (Lipinski definition) is 3. The highest BCUT2D eigenvalue weighted by Crippen LogP contribution is 2.30. The van der Waals surface area contributed by atoms with Crippen molar-refractivity contribution in [3.05, 3.63) is 65.5 Å². The molecule has 1 atom stereocenters. The van der Waals surface area contributed by atoms with Gasteiger partial charge in [0.1, 0.15) is 5.66 Å². The molecule has 3 rings (SSSR count). The Balaban J connectivity index is 2.21. The third-order valence-electron chi connectivity index (χ3n) is 3.25. The molecule has 90 valence electrons. The fourth-order valence-corrected chi connectivity index (χ4v) is 2.39. The van der Waals surface area contributed by atoms with Crippen LogP contribution in [0.1, 0.15) is 16.7 Å². The first kappa shape index (κ1) is 10.9. The van der Waals surface area contributed by atoms with Crippen LogP contribution < -0.4 is 11.1 Å². The third-order valence-corrected chi connectivity index (χ3v) is 3.25. The van der Waals surface area contributed by atoms with Crippen molar-refractivity contribution in [1.29, 1.82) is 0 Å². The molecule has 0 saturated heterocycles. The Morgan fingerprint density at radius 3 is 2.83 bits per heavy atom. The molecule has 1 aromatic heterocycles. The van der Waals surface area contributed by atoms with Gasteiger partial charge in [0.05, 0.1) is 6.42 Å². The minimum absolute atomic E-state index is 0.0694. The van der Waals surface area contributed by atoms with Gasteiger partial charge in [-0.3, -0.25) is 9.78 Å². The third kappa shape index (κ3) is 1.58. The van der Waals surface area contributed by atoms with E-state index in [0.29, 0.717) is 6.42 Å². The minimum Gasteiger partial charge on any atom is -0.330 e. The van der Waals surface area contributed by atoms with Crippen LogP contribution in [0.4, 0.5) is 0 Å². The van der Waals surface area contributed by atoms with Crippen molar-refractivity contribution >= 4 is 5.91 Å². The summed E-state index contributed by atoms with van der Waals surface area (Å²) in [5.74, 6) is -0.0694.